The maximum atomic E-state index is 3.40. The predicted molar refractivity (Wildman–Crippen MR) is 56.3 cm³/mol. The standard InChI is InChI=1S/C9H12BrSi/c1-11(2,3)9-6-4-8(10)5-7-9/h4-6H,1-3H3/q+1. The third-order valence-corrected chi connectivity index (χ3v) is 4.00. The van der Waals surface area contributed by atoms with Crippen LogP contribution in [0.4, 0.5) is 0 Å². The summed E-state index contributed by atoms with van der Waals surface area (Å²) < 4.78 is 1.11. The summed E-state index contributed by atoms with van der Waals surface area (Å²) in [7, 11) is -1.13. The molecule has 0 bridgehead atoms. The van der Waals surface area contributed by atoms with Gasteiger partial charge in [0, 0.05) is 28.1 Å². The Hall–Kier alpha value is -0.173. The third-order valence-electron chi connectivity index (χ3n) is 1.58. The first-order chi connectivity index (χ1) is 5.00. The van der Waals surface area contributed by atoms with Crippen LogP contribution in [0.3, 0.4) is 0 Å². The highest BCUT2D eigenvalue weighted by atomic mass is 79.9. The normalized spacial score (nSPS) is 17.1. The zero-order chi connectivity index (χ0) is 8.48. The van der Waals surface area contributed by atoms with E-state index in [9.17, 15) is 0 Å². The fraction of sp³-hybridized carbons (Fsp3) is 0.333. The van der Waals surface area contributed by atoms with E-state index >= 15 is 0 Å². The van der Waals surface area contributed by atoms with Crippen molar-refractivity contribution in [2.45, 2.75) is 19.6 Å². The van der Waals surface area contributed by atoms with Crippen LogP contribution in [-0.2, 0) is 0 Å². The first kappa shape index (κ1) is 8.92. The summed E-state index contributed by atoms with van der Waals surface area (Å²) in [4.78, 5) is 0. The highest BCUT2D eigenvalue weighted by molar-refractivity contribution is 9.11. The van der Waals surface area contributed by atoms with Gasteiger partial charge in [0.15, 0.2) is 0 Å². The Morgan fingerprint density at radius 1 is 1.27 bits per heavy atom. The molecule has 0 N–H and O–H groups in total. The van der Waals surface area contributed by atoms with Crippen LogP contribution in [0.15, 0.2) is 27.9 Å². The quantitative estimate of drug-likeness (QED) is 0.476. The van der Waals surface area contributed by atoms with Crippen molar-refractivity contribution in [1.82, 2.24) is 0 Å². The summed E-state index contributed by atoms with van der Waals surface area (Å²) in [5.74, 6) is 0. The van der Waals surface area contributed by atoms with Crippen LogP contribution < -0.4 is 0 Å². The summed E-state index contributed by atoms with van der Waals surface area (Å²) in [5, 5.41) is 1.39. The van der Waals surface area contributed by atoms with E-state index in [1.165, 1.54) is 5.20 Å². The van der Waals surface area contributed by atoms with E-state index in [0.717, 1.165) is 4.48 Å². The summed E-state index contributed by atoms with van der Waals surface area (Å²) in [6, 6.07) is 0. The van der Waals surface area contributed by atoms with Gasteiger partial charge in [0.2, 0.25) is 0 Å². The molecule has 0 amide bonds. The fourth-order valence-electron chi connectivity index (χ4n) is 0.872. The Bertz CT molecular complexity index is 241. The number of hydrogen-bond donors (Lipinski definition) is 0. The van der Waals surface area contributed by atoms with Gasteiger partial charge in [-0.05, 0) is 0 Å². The molecule has 0 aromatic carbocycles. The minimum Gasteiger partial charge on any atom is -0.0627 e. The topological polar surface area (TPSA) is 0 Å². The Kier molecular flexibility index (Phi) is 2.48. The molecule has 0 unspecified atom stereocenters. The Morgan fingerprint density at radius 2 is 1.91 bits per heavy atom. The minimum absolute atomic E-state index is 1.11. The molecular formula is C9H12BrSi+. The lowest BCUT2D eigenvalue weighted by Crippen LogP contribution is -2.23. The Balaban J connectivity index is 2.89. The molecule has 1 rings (SSSR count). The maximum Gasteiger partial charge on any atom is 0.129 e. The minimum atomic E-state index is -1.13. The molecule has 0 aromatic rings. The van der Waals surface area contributed by atoms with E-state index < -0.39 is 8.07 Å². The van der Waals surface area contributed by atoms with Crippen molar-refractivity contribution < 1.29 is 0 Å². The molecule has 2 heteroatoms. The van der Waals surface area contributed by atoms with E-state index in [1.807, 2.05) is 6.08 Å². The van der Waals surface area contributed by atoms with Crippen LogP contribution >= 0.6 is 15.9 Å². The molecule has 11 heavy (non-hydrogen) atoms. The summed E-state index contributed by atoms with van der Waals surface area (Å²) in [5.41, 5.74) is 0. The van der Waals surface area contributed by atoms with Gasteiger partial charge in [0.05, 0.1) is 11.3 Å². The summed E-state index contributed by atoms with van der Waals surface area (Å²) in [6.45, 7) is 6.98. The van der Waals surface area contributed by atoms with Gasteiger partial charge in [-0.3, -0.25) is 0 Å². The molecule has 0 nitrogen and oxygen atoms in total. The van der Waals surface area contributed by atoms with Gasteiger partial charge >= 0.3 is 0 Å². The first-order valence-electron chi connectivity index (χ1n) is 3.68. The van der Waals surface area contributed by atoms with E-state index in [1.54, 1.807) is 0 Å². The predicted octanol–water partition coefficient (Wildman–Crippen LogP) is 3.44. The maximum absolute atomic E-state index is 3.40. The van der Waals surface area contributed by atoms with Gasteiger partial charge in [-0.25, -0.2) is 0 Å². The molecule has 0 saturated carbocycles. The van der Waals surface area contributed by atoms with Crippen molar-refractivity contribution in [1.29, 1.82) is 0 Å². The molecule has 58 valence electrons. The zero-order valence-electron chi connectivity index (χ0n) is 7.11. The van der Waals surface area contributed by atoms with Crippen molar-refractivity contribution in [2.75, 3.05) is 0 Å². The molecule has 0 aromatic heterocycles. The smallest absolute Gasteiger partial charge is 0.0627 e. The van der Waals surface area contributed by atoms with Crippen LogP contribution in [0.1, 0.15) is 0 Å². The second kappa shape index (κ2) is 3.06. The number of rotatable bonds is 1. The molecule has 0 fully saturated rings. The number of allylic oxidation sites excluding steroid dienone is 6. The summed E-state index contributed by atoms with van der Waals surface area (Å²) >= 11 is 3.40. The van der Waals surface area contributed by atoms with Crippen molar-refractivity contribution in [2.24, 2.45) is 0 Å². The second-order valence-corrected chi connectivity index (χ2v) is 9.62. The van der Waals surface area contributed by atoms with Crippen molar-refractivity contribution in [3.8, 4) is 0 Å². The van der Waals surface area contributed by atoms with Crippen LogP contribution in [-0.4, -0.2) is 8.07 Å². The lowest BCUT2D eigenvalue weighted by Gasteiger charge is -2.11. The lowest BCUT2D eigenvalue weighted by atomic mass is 10.3. The van der Waals surface area contributed by atoms with Crippen LogP contribution in [0.5, 0.6) is 0 Å². The lowest BCUT2D eigenvalue weighted by molar-refractivity contribution is 1.58. The Labute approximate surface area is 77.8 Å². The number of halogens is 1. The third kappa shape index (κ3) is 2.40. The average Bonchev–Trinajstić information content (AvgIpc) is 1.86. The SMILES string of the molecule is C[Si](C)(C)C1=[C+]C=C(Br)C=C1. The highest BCUT2D eigenvalue weighted by Gasteiger charge is 2.24. The van der Waals surface area contributed by atoms with Gasteiger partial charge < -0.3 is 0 Å². The second-order valence-electron chi connectivity index (χ2n) is 3.67. The van der Waals surface area contributed by atoms with E-state index in [0.29, 0.717) is 0 Å². The molecular weight excluding hydrogens is 216 g/mol. The van der Waals surface area contributed by atoms with Crippen molar-refractivity contribution in [3.05, 3.63) is 34.0 Å². The van der Waals surface area contributed by atoms with Crippen LogP contribution in [0, 0.1) is 6.08 Å². The number of hydrogen-bond acceptors (Lipinski definition) is 0. The van der Waals surface area contributed by atoms with Gasteiger partial charge in [0.25, 0.3) is 0 Å². The summed E-state index contributed by atoms with van der Waals surface area (Å²) in [6.07, 6.45) is 9.54. The van der Waals surface area contributed by atoms with E-state index in [2.05, 4.69) is 53.8 Å². The van der Waals surface area contributed by atoms with Crippen LogP contribution in [0.2, 0.25) is 19.6 Å². The molecule has 0 saturated heterocycles. The van der Waals surface area contributed by atoms with Crippen molar-refractivity contribution >= 4 is 24.0 Å². The average molecular weight is 228 g/mol. The zero-order valence-corrected chi connectivity index (χ0v) is 9.70. The molecule has 1 aliphatic carbocycles. The molecule has 0 heterocycles. The highest BCUT2D eigenvalue weighted by Crippen LogP contribution is 2.21. The first-order valence-corrected chi connectivity index (χ1v) is 7.97. The Morgan fingerprint density at radius 3 is 2.27 bits per heavy atom. The van der Waals surface area contributed by atoms with Gasteiger partial charge in [-0.15, -0.1) is 0 Å². The molecule has 0 spiro atoms. The molecule has 0 aliphatic heterocycles. The van der Waals surface area contributed by atoms with Gasteiger partial charge in [-0.2, -0.15) is 0 Å². The largest absolute Gasteiger partial charge is 0.129 e. The molecule has 0 atom stereocenters. The van der Waals surface area contributed by atoms with Gasteiger partial charge in [-0.1, -0.05) is 19.6 Å². The van der Waals surface area contributed by atoms with Crippen LogP contribution in [0.25, 0.3) is 0 Å². The molecule has 1 aliphatic rings. The van der Waals surface area contributed by atoms with E-state index in [-0.39, 0.29) is 0 Å². The molecule has 0 radical (unpaired) electrons. The fourth-order valence-corrected chi connectivity index (χ4v) is 2.21. The monoisotopic (exact) mass is 227 g/mol. The van der Waals surface area contributed by atoms with Gasteiger partial charge in [0.1, 0.15) is 18.6 Å². The van der Waals surface area contributed by atoms with Crippen molar-refractivity contribution in [3.63, 3.8) is 0 Å². The van der Waals surface area contributed by atoms with E-state index in [4.69, 9.17) is 0 Å².